The molecule has 2 aromatic carbocycles. The number of hydrogen-bond acceptors (Lipinski definition) is 5. The normalized spacial score (nSPS) is 11.2. The van der Waals surface area contributed by atoms with Crippen molar-refractivity contribution < 1.29 is 17.9 Å². The van der Waals surface area contributed by atoms with E-state index in [0.29, 0.717) is 10.6 Å². The lowest BCUT2D eigenvalue weighted by Gasteiger charge is -2.08. The van der Waals surface area contributed by atoms with Crippen LogP contribution in [0.15, 0.2) is 59.5 Å². The van der Waals surface area contributed by atoms with Crippen molar-refractivity contribution in [3.63, 3.8) is 0 Å². The van der Waals surface area contributed by atoms with Crippen LogP contribution in [0.3, 0.4) is 0 Å². The minimum absolute atomic E-state index is 0.112. The van der Waals surface area contributed by atoms with Gasteiger partial charge >= 0.3 is 0 Å². The van der Waals surface area contributed by atoms with Gasteiger partial charge in [-0.2, -0.15) is 0 Å². The Balaban J connectivity index is 1.98. The molecule has 0 aliphatic rings. The van der Waals surface area contributed by atoms with Gasteiger partial charge in [0, 0.05) is 4.88 Å². The van der Waals surface area contributed by atoms with Crippen molar-refractivity contribution in [1.82, 2.24) is 0 Å². The number of thiophene rings is 1. The van der Waals surface area contributed by atoms with Gasteiger partial charge in [-0.1, -0.05) is 17.7 Å². The monoisotopic (exact) mass is 402 g/mol. The SMILES string of the molecule is COc1ccc(-c2cc(NS(=O)(=O)c3ccc(C)cc3)c(C(N)=O)s2)cc1. The number of carbonyl (C=O) groups is 1. The first-order valence-electron chi connectivity index (χ1n) is 7.98. The third-order valence-electron chi connectivity index (χ3n) is 3.91. The van der Waals surface area contributed by atoms with Crippen molar-refractivity contribution in [3.8, 4) is 16.2 Å². The van der Waals surface area contributed by atoms with E-state index in [1.807, 2.05) is 19.1 Å². The van der Waals surface area contributed by atoms with Crippen molar-refractivity contribution in [2.75, 3.05) is 11.8 Å². The van der Waals surface area contributed by atoms with Crippen molar-refractivity contribution >= 4 is 33.0 Å². The van der Waals surface area contributed by atoms with Gasteiger partial charge in [0.25, 0.3) is 15.9 Å². The molecule has 0 saturated carbocycles. The number of ether oxygens (including phenoxy) is 1. The Morgan fingerprint density at radius 2 is 1.70 bits per heavy atom. The average Bonchev–Trinajstić information content (AvgIpc) is 3.05. The van der Waals surface area contributed by atoms with Crippen molar-refractivity contribution in [3.05, 3.63) is 65.0 Å². The van der Waals surface area contributed by atoms with Gasteiger partial charge in [0.15, 0.2) is 0 Å². The molecule has 0 aliphatic heterocycles. The van der Waals surface area contributed by atoms with E-state index in [0.717, 1.165) is 22.5 Å². The van der Waals surface area contributed by atoms with Crippen molar-refractivity contribution in [2.45, 2.75) is 11.8 Å². The maximum absolute atomic E-state index is 12.6. The highest BCUT2D eigenvalue weighted by Gasteiger charge is 2.21. The smallest absolute Gasteiger partial charge is 0.261 e. The fourth-order valence-electron chi connectivity index (χ4n) is 2.47. The molecule has 0 saturated heterocycles. The van der Waals surface area contributed by atoms with Gasteiger partial charge in [-0.05, 0) is 55.0 Å². The summed E-state index contributed by atoms with van der Waals surface area (Å²) in [6.45, 7) is 1.87. The van der Waals surface area contributed by atoms with Crippen LogP contribution in [0.1, 0.15) is 15.2 Å². The first kappa shape index (κ1) is 18.9. The van der Waals surface area contributed by atoms with E-state index in [1.165, 1.54) is 12.1 Å². The summed E-state index contributed by atoms with van der Waals surface area (Å²) < 4.78 is 32.9. The summed E-state index contributed by atoms with van der Waals surface area (Å²) in [5.74, 6) is 0.00657. The molecule has 1 aromatic heterocycles. The number of rotatable bonds is 6. The van der Waals surface area contributed by atoms with E-state index < -0.39 is 15.9 Å². The molecule has 0 aliphatic carbocycles. The molecule has 0 unspecified atom stereocenters. The average molecular weight is 402 g/mol. The first-order valence-corrected chi connectivity index (χ1v) is 10.3. The number of amides is 1. The van der Waals surface area contributed by atoms with E-state index in [2.05, 4.69) is 4.72 Å². The lowest BCUT2D eigenvalue weighted by atomic mass is 10.2. The predicted molar refractivity (Wildman–Crippen MR) is 107 cm³/mol. The molecular formula is C19H18N2O4S2. The molecule has 0 atom stereocenters. The summed E-state index contributed by atoms with van der Waals surface area (Å²) in [6, 6.07) is 15.3. The molecule has 3 N–H and O–H groups in total. The zero-order chi connectivity index (χ0) is 19.6. The lowest BCUT2D eigenvalue weighted by molar-refractivity contribution is 0.100. The zero-order valence-corrected chi connectivity index (χ0v) is 16.4. The van der Waals surface area contributed by atoms with Crippen LogP contribution in [0.2, 0.25) is 0 Å². The molecule has 0 radical (unpaired) electrons. The fraction of sp³-hybridized carbons (Fsp3) is 0.105. The largest absolute Gasteiger partial charge is 0.497 e. The van der Waals surface area contributed by atoms with Crippen LogP contribution in [0.4, 0.5) is 5.69 Å². The lowest BCUT2D eigenvalue weighted by Crippen LogP contribution is -2.16. The maximum Gasteiger partial charge on any atom is 0.261 e. The molecule has 1 heterocycles. The third-order valence-corrected chi connectivity index (χ3v) is 6.49. The van der Waals surface area contributed by atoms with E-state index >= 15 is 0 Å². The topological polar surface area (TPSA) is 98.5 Å². The van der Waals surface area contributed by atoms with Crippen LogP contribution in [-0.4, -0.2) is 21.4 Å². The molecule has 0 bridgehead atoms. The van der Waals surface area contributed by atoms with Gasteiger partial charge < -0.3 is 10.5 Å². The quantitative estimate of drug-likeness (QED) is 0.658. The number of aryl methyl sites for hydroxylation is 1. The highest BCUT2D eigenvalue weighted by Crippen LogP contribution is 2.36. The minimum atomic E-state index is -3.84. The van der Waals surface area contributed by atoms with Crippen LogP contribution in [0.5, 0.6) is 5.75 Å². The molecule has 6 nitrogen and oxygen atoms in total. The molecule has 27 heavy (non-hydrogen) atoms. The van der Waals surface area contributed by atoms with Crippen LogP contribution >= 0.6 is 11.3 Å². The van der Waals surface area contributed by atoms with Gasteiger partial charge in [-0.3, -0.25) is 9.52 Å². The number of anilines is 1. The first-order chi connectivity index (χ1) is 12.8. The number of benzene rings is 2. The van der Waals surface area contributed by atoms with Gasteiger partial charge in [-0.25, -0.2) is 8.42 Å². The zero-order valence-electron chi connectivity index (χ0n) is 14.7. The Labute approximate surface area is 161 Å². The Hall–Kier alpha value is -2.84. The number of sulfonamides is 1. The summed E-state index contributed by atoms with van der Waals surface area (Å²) in [7, 11) is -2.26. The van der Waals surface area contributed by atoms with E-state index in [1.54, 1.807) is 37.4 Å². The number of primary amides is 1. The molecule has 3 rings (SSSR count). The summed E-state index contributed by atoms with van der Waals surface area (Å²) >= 11 is 1.13. The minimum Gasteiger partial charge on any atom is -0.497 e. The van der Waals surface area contributed by atoms with E-state index in [-0.39, 0.29) is 15.5 Å². The Morgan fingerprint density at radius 1 is 1.07 bits per heavy atom. The number of hydrogen-bond donors (Lipinski definition) is 2. The van der Waals surface area contributed by atoms with Gasteiger partial charge in [-0.15, -0.1) is 11.3 Å². The Bertz CT molecular complexity index is 1070. The molecule has 1 amide bonds. The molecule has 0 spiro atoms. The Kier molecular flexibility index (Phi) is 5.20. The molecule has 0 fully saturated rings. The second kappa shape index (κ2) is 7.42. The van der Waals surface area contributed by atoms with Gasteiger partial charge in [0.1, 0.15) is 10.6 Å². The molecule has 3 aromatic rings. The summed E-state index contributed by atoms with van der Waals surface area (Å²) in [4.78, 5) is 12.8. The van der Waals surface area contributed by atoms with Crippen molar-refractivity contribution in [2.24, 2.45) is 5.73 Å². The Morgan fingerprint density at radius 3 is 2.26 bits per heavy atom. The summed E-state index contributed by atoms with van der Waals surface area (Å²) in [6.07, 6.45) is 0. The standard InChI is InChI=1S/C19H18N2O4S2/c1-12-3-9-15(10-4-12)27(23,24)21-16-11-17(26-18(16)19(20)22)13-5-7-14(25-2)8-6-13/h3-11,21H,1-2H3,(H2,20,22). The summed E-state index contributed by atoms with van der Waals surface area (Å²) in [5.41, 5.74) is 7.38. The second-order valence-corrected chi connectivity index (χ2v) is 8.60. The van der Waals surface area contributed by atoms with E-state index in [4.69, 9.17) is 10.5 Å². The number of nitrogens with two attached hydrogens (primary N) is 1. The van der Waals surface area contributed by atoms with Crippen LogP contribution in [0, 0.1) is 6.92 Å². The number of carbonyl (C=O) groups excluding carboxylic acids is 1. The predicted octanol–water partition coefficient (Wildman–Crippen LogP) is 3.63. The van der Waals surface area contributed by atoms with Crippen LogP contribution in [0.25, 0.3) is 10.4 Å². The second-order valence-electron chi connectivity index (χ2n) is 5.86. The highest BCUT2D eigenvalue weighted by atomic mass is 32.2. The number of methoxy groups -OCH3 is 1. The number of nitrogens with one attached hydrogen (secondary N) is 1. The molecular weight excluding hydrogens is 384 g/mol. The third kappa shape index (κ3) is 4.12. The van der Waals surface area contributed by atoms with Crippen LogP contribution < -0.4 is 15.2 Å². The molecule has 8 heteroatoms. The maximum atomic E-state index is 12.6. The van der Waals surface area contributed by atoms with E-state index in [9.17, 15) is 13.2 Å². The summed E-state index contributed by atoms with van der Waals surface area (Å²) in [5, 5.41) is 0. The van der Waals surface area contributed by atoms with Gasteiger partial charge in [0.2, 0.25) is 0 Å². The highest BCUT2D eigenvalue weighted by molar-refractivity contribution is 7.92. The molecule has 140 valence electrons. The van der Waals surface area contributed by atoms with Crippen molar-refractivity contribution in [1.29, 1.82) is 0 Å². The van der Waals surface area contributed by atoms with Gasteiger partial charge in [0.05, 0.1) is 17.7 Å². The van der Waals surface area contributed by atoms with Crippen LogP contribution in [-0.2, 0) is 10.0 Å². The fourth-order valence-corrected chi connectivity index (χ4v) is 4.57.